The molecular formula is C15H23ClN4O. The zero-order valence-corrected chi connectivity index (χ0v) is 13.7. The predicted octanol–water partition coefficient (Wildman–Crippen LogP) is 2.33. The van der Waals surface area contributed by atoms with Crippen LogP contribution in [0.15, 0.2) is 12.3 Å². The zero-order valence-electron chi connectivity index (χ0n) is 12.9. The fraction of sp³-hybridized carbons (Fsp3) is 0.600. The van der Waals surface area contributed by atoms with Crippen molar-refractivity contribution in [3.63, 3.8) is 0 Å². The molecule has 5 nitrogen and oxygen atoms in total. The lowest BCUT2D eigenvalue weighted by Gasteiger charge is -2.36. The van der Waals surface area contributed by atoms with E-state index < -0.39 is 0 Å². The van der Waals surface area contributed by atoms with Gasteiger partial charge in [0.2, 0.25) is 0 Å². The number of carbonyl (C=O) groups is 1. The molecule has 1 aromatic rings. The first-order valence-electron chi connectivity index (χ1n) is 7.39. The molecule has 1 fully saturated rings. The number of likely N-dealkylation sites (tertiary alicyclic amines) is 1. The van der Waals surface area contributed by atoms with Crippen LogP contribution in [0.3, 0.4) is 0 Å². The highest BCUT2D eigenvalue weighted by molar-refractivity contribution is 6.33. The zero-order chi connectivity index (χ0) is 15.4. The van der Waals surface area contributed by atoms with Gasteiger partial charge in [-0.3, -0.25) is 4.79 Å². The average molecular weight is 311 g/mol. The van der Waals surface area contributed by atoms with E-state index in [1.807, 2.05) is 11.9 Å². The van der Waals surface area contributed by atoms with E-state index in [4.69, 9.17) is 11.6 Å². The largest absolute Gasteiger partial charge is 0.372 e. The third-order valence-electron chi connectivity index (χ3n) is 4.20. The van der Waals surface area contributed by atoms with Gasteiger partial charge in [0, 0.05) is 39.4 Å². The first-order chi connectivity index (χ1) is 10.1. The molecule has 21 heavy (non-hydrogen) atoms. The maximum atomic E-state index is 12.5. The van der Waals surface area contributed by atoms with Crippen molar-refractivity contribution in [2.75, 3.05) is 39.0 Å². The minimum atomic E-state index is -0.0120. The molecule has 1 aliphatic rings. The molecule has 1 saturated heterocycles. The van der Waals surface area contributed by atoms with E-state index in [2.05, 4.69) is 22.1 Å². The molecule has 2 rings (SSSR count). The second-order valence-electron chi connectivity index (χ2n) is 5.39. The van der Waals surface area contributed by atoms with Gasteiger partial charge < -0.3 is 15.1 Å². The number of piperidine rings is 1. The summed E-state index contributed by atoms with van der Waals surface area (Å²) >= 11 is 6.10. The lowest BCUT2D eigenvalue weighted by Crippen LogP contribution is -2.45. The van der Waals surface area contributed by atoms with Gasteiger partial charge in [-0.15, -0.1) is 0 Å². The minimum absolute atomic E-state index is 0.0120. The highest BCUT2D eigenvalue weighted by atomic mass is 35.5. The quantitative estimate of drug-likeness (QED) is 0.927. The topological polar surface area (TPSA) is 48.5 Å². The second kappa shape index (κ2) is 7.09. The SMILES string of the molecule is CCN1CCC(N(C)C(=O)c2cnc(NC)c(Cl)c2)CC1. The Morgan fingerprint density at radius 1 is 1.52 bits per heavy atom. The molecule has 116 valence electrons. The van der Waals surface area contributed by atoms with Crippen LogP contribution in [0.2, 0.25) is 5.02 Å². The van der Waals surface area contributed by atoms with Gasteiger partial charge in [0.1, 0.15) is 5.82 Å². The van der Waals surface area contributed by atoms with E-state index in [9.17, 15) is 4.79 Å². The third kappa shape index (κ3) is 3.66. The number of hydrogen-bond donors (Lipinski definition) is 1. The summed E-state index contributed by atoms with van der Waals surface area (Å²) in [6.45, 7) is 5.36. The number of hydrogen-bond acceptors (Lipinski definition) is 4. The third-order valence-corrected chi connectivity index (χ3v) is 4.49. The van der Waals surface area contributed by atoms with Crippen molar-refractivity contribution in [3.8, 4) is 0 Å². The molecule has 0 atom stereocenters. The standard InChI is InChI=1S/C15H23ClN4O/c1-4-20-7-5-12(6-8-20)19(3)15(21)11-9-13(16)14(17-2)18-10-11/h9-10,12H,4-8H2,1-3H3,(H,17,18). The number of nitrogens with zero attached hydrogens (tertiary/aromatic N) is 3. The van der Waals surface area contributed by atoms with Crippen LogP contribution < -0.4 is 5.32 Å². The van der Waals surface area contributed by atoms with E-state index in [0.717, 1.165) is 32.5 Å². The Balaban J connectivity index is 2.04. The maximum absolute atomic E-state index is 12.5. The van der Waals surface area contributed by atoms with Gasteiger partial charge in [0.25, 0.3) is 5.91 Å². The van der Waals surface area contributed by atoms with Gasteiger partial charge in [-0.25, -0.2) is 4.98 Å². The average Bonchev–Trinajstić information content (AvgIpc) is 2.53. The second-order valence-corrected chi connectivity index (χ2v) is 5.79. The van der Waals surface area contributed by atoms with Crippen LogP contribution in [0, 0.1) is 0 Å². The number of anilines is 1. The van der Waals surface area contributed by atoms with Crippen LogP contribution in [0.1, 0.15) is 30.1 Å². The number of aromatic nitrogens is 1. The van der Waals surface area contributed by atoms with E-state index in [1.54, 1.807) is 19.3 Å². The highest BCUT2D eigenvalue weighted by Crippen LogP contribution is 2.22. The van der Waals surface area contributed by atoms with E-state index in [0.29, 0.717) is 22.4 Å². The summed E-state index contributed by atoms with van der Waals surface area (Å²) in [6.07, 6.45) is 3.62. The van der Waals surface area contributed by atoms with Crippen LogP contribution >= 0.6 is 11.6 Å². The Labute approximate surface area is 131 Å². The number of carbonyl (C=O) groups excluding carboxylic acids is 1. The van der Waals surface area contributed by atoms with Crippen LogP contribution in [-0.2, 0) is 0 Å². The van der Waals surface area contributed by atoms with Gasteiger partial charge in [-0.1, -0.05) is 18.5 Å². The molecule has 1 aromatic heterocycles. The Morgan fingerprint density at radius 2 is 2.19 bits per heavy atom. The van der Waals surface area contributed by atoms with Gasteiger partial charge in [-0.2, -0.15) is 0 Å². The number of nitrogens with one attached hydrogen (secondary N) is 1. The van der Waals surface area contributed by atoms with Crippen LogP contribution in [0.25, 0.3) is 0 Å². The van der Waals surface area contributed by atoms with Gasteiger partial charge >= 0.3 is 0 Å². The Hall–Kier alpha value is -1.33. The molecule has 2 heterocycles. The Kier molecular flexibility index (Phi) is 5.42. The molecule has 1 N–H and O–H groups in total. The normalized spacial score (nSPS) is 16.8. The molecule has 0 spiro atoms. The lowest BCUT2D eigenvalue weighted by molar-refractivity contribution is 0.0646. The minimum Gasteiger partial charge on any atom is -0.372 e. The van der Waals surface area contributed by atoms with Gasteiger partial charge in [-0.05, 0) is 25.5 Å². The van der Waals surface area contributed by atoms with E-state index in [-0.39, 0.29) is 5.91 Å². The number of halogens is 1. The van der Waals surface area contributed by atoms with Gasteiger partial charge in [0.05, 0.1) is 10.6 Å². The van der Waals surface area contributed by atoms with Crippen molar-refractivity contribution >= 4 is 23.3 Å². The Bertz CT molecular complexity index is 500. The lowest BCUT2D eigenvalue weighted by atomic mass is 10.0. The number of rotatable bonds is 4. The molecule has 0 aromatic carbocycles. The fourth-order valence-corrected chi connectivity index (χ4v) is 2.99. The first-order valence-corrected chi connectivity index (χ1v) is 7.77. The van der Waals surface area contributed by atoms with Crippen molar-refractivity contribution in [2.24, 2.45) is 0 Å². The van der Waals surface area contributed by atoms with Crippen LogP contribution in [-0.4, -0.2) is 60.5 Å². The summed E-state index contributed by atoms with van der Waals surface area (Å²) in [4.78, 5) is 21.0. The predicted molar refractivity (Wildman–Crippen MR) is 86.0 cm³/mol. The fourth-order valence-electron chi connectivity index (χ4n) is 2.73. The molecule has 1 aliphatic heterocycles. The first kappa shape index (κ1) is 16.0. The molecule has 6 heteroatoms. The molecule has 0 unspecified atom stereocenters. The van der Waals surface area contributed by atoms with Crippen LogP contribution in [0.4, 0.5) is 5.82 Å². The molecule has 0 aliphatic carbocycles. The van der Waals surface area contributed by atoms with Crippen molar-refractivity contribution in [3.05, 3.63) is 22.8 Å². The summed E-state index contributed by atoms with van der Waals surface area (Å²) in [5.41, 5.74) is 0.541. The Morgan fingerprint density at radius 3 is 2.71 bits per heavy atom. The smallest absolute Gasteiger partial charge is 0.255 e. The molecule has 0 radical (unpaired) electrons. The summed E-state index contributed by atoms with van der Waals surface area (Å²) in [7, 11) is 3.62. The number of pyridine rings is 1. The highest BCUT2D eigenvalue weighted by Gasteiger charge is 2.25. The number of amides is 1. The molecule has 0 bridgehead atoms. The molecule has 1 amide bonds. The van der Waals surface area contributed by atoms with Crippen molar-refractivity contribution in [1.82, 2.24) is 14.8 Å². The van der Waals surface area contributed by atoms with Crippen molar-refractivity contribution in [2.45, 2.75) is 25.8 Å². The summed E-state index contributed by atoms with van der Waals surface area (Å²) in [6, 6.07) is 1.98. The summed E-state index contributed by atoms with van der Waals surface area (Å²) in [5, 5.41) is 3.36. The van der Waals surface area contributed by atoms with E-state index >= 15 is 0 Å². The van der Waals surface area contributed by atoms with E-state index in [1.165, 1.54) is 0 Å². The molecule has 0 saturated carbocycles. The summed E-state index contributed by atoms with van der Waals surface area (Å²) in [5.74, 6) is 0.578. The van der Waals surface area contributed by atoms with Crippen molar-refractivity contribution in [1.29, 1.82) is 0 Å². The van der Waals surface area contributed by atoms with Crippen LogP contribution in [0.5, 0.6) is 0 Å². The van der Waals surface area contributed by atoms with Crippen molar-refractivity contribution < 1.29 is 4.79 Å². The molecular weight excluding hydrogens is 288 g/mol. The van der Waals surface area contributed by atoms with Gasteiger partial charge in [0.15, 0.2) is 0 Å². The monoisotopic (exact) mass is 310 g/mol. The summed E-state index contributed by atoms with van der Waals surface area (Å²) < 4.78 is 0. The maximum Gasteiger partial charge on any atom is 0.255 e.